The summed E-state index contributed by atoms with van der Waals surface area (Å²) in [6.07, 6.45) is 3.06. The van der Waals surface area contributed by atoms with Crippen LogP contribution >= 0.6 is 0 Å². The summed E-state index contributed by atoms with van der Waals surface area (Å²) < 4.78 is 5.24. The lowest BCUT2D eigenvalue weighted by molar-refractivity contribution is 0.432. The molecular weight excluding hydrogens is 242 g/mol. The van der Waals surface area contributed by atoms with Gasteiger partial charge in [-0.2, -0.15) is 4.98 Å². The quantitative estimate of drug-likeness (QED) is 0.703. The maximum atomic E-state index is 5.92. The summed E-state index contributed by atoms with van der Waals surface area (Å²) in [6.45, 7) is 1.98. The van der Waals surface area contributed by atoms with Gasteiger partial charge in [-0.25, -0.2) is 9.97 Å². The van der Waals surface area contributed by atoms with E-state index >= 15 is 0 Å². The highest BCUT2D eigenvalue weighted by atomic mass is 16.5. The van der Waals surface area contributed by atoms with Crippen LogP contribution < -0.4 is 5.73 Å². The van der Waals surface area contributed by atoms with Gasteiger partial charge in [0.05, 0.1) is 5.56 Å². The first-order valence-electron chi connectivity index (χ1n) is 5.70. The zero-order chi connectivity index (χ0) is 13.2. The highest BCUT2D eigenvalue weighted by molar-refractivity contribution is 5.71. The Morgan fingerprint density at radius 3 is 2.89 bits per heavy atom. The number of hydrogen-bond acceptors (Lipinski definition) is 6. The molecule has 0 saturated heterocycles. The van der Waals surface area contributed by atoms with Crippen molar-refractivity contribution < 1.29 is 4.52 Å². The van der Waals surface area contributed by atoms with Crippen molar-refractivity contribution in [3.8, 4) is 23.0 Å². The Morgan fingerprint density at radius 2 is 2.11 bits per heavy atom. The Labute approximate surface area is 109 Å². The van der Waals surface area contributed by atoms with Crippen molar-refractivity contribution in [3.63, 3.8) is 0 Å². The number of anilines is 1. The Morgan fingerprint density at radius 1 is 1.21 bits per heavy atom. The molecule has 1 aromatic carbocycles. The third-order valence-corrected chi connectivity index (χ3v) is 2.68. The molecule has 0 bridgehead atoms. The molecule has 2 N–H and O–H groups in total. The van der Waals surface area contributed by atoms with Crippen LogP contribution in [0.15, 0.2) is 41.3 Å². The van der Waals surface area contributed by atoms with E-state index < -0.39 is 0 Å². The molecule has 94 valence electrons. The Kier molecular flexibility index (Phi) is 2.68. The Balaban J connectivity index is 2.04. The van der Waals surface area contributed by atoms with Crippen molar-refractivity contribution in [2.24, 2.45) is 0 Å². The van der Waals surface area contributed by atoms with Gasteiger partial charge in [-0.15, -0.1) is 0 Å². The summed E-state index contributed by atoms with van der Waals surface area (Å²) in [5, 5.41) is 3.90. The van der Waals surface area contributed by atoms with Gasteiger partial charge in [-0.3, -0.25) is 0 Å². The van der Waals surface area contributed by atoms with Crippen molar-refractivity contribution >= 4 is 5.69 Å². The zero-order valence-electron chi connectivity index (χ0n) is 10.2. The first kappa shape index (κ1) is 11.3. The summed E-state index contributed by atoms with van der Waals surface area (Å²) in [4.78, 5) is 12.2. The second-order valence-corrected chi connectivity index (χ2v) is 4.11. The van der Waals surface area contributed by atoms with Crippen molar-refractivity contribution in [2.45, 2.75) is 6.92 Å². The van der Waals surface area contributed by atoms with Gasteiger partial charge in [0, 0.05) is 11.9 Å². The topological polar surface area (TPSA) is 90.7 Å². The molecule has 3 rings (SSSR count). The fraction of sp³-hybridized carbons (Fsp3) is 0.0769. The van der Waals surface area contributed by atoms with Gasteiger partial charge in [-0.05, 0) is 25.1 Å². The van der Waals surface area contributed by atoms with Crippen molar-refractivity contribution in [2.75, 3.05) is 5.73 Å². The van der Waals surface area contributed by atoms with Crippen molar-refractivity contribution in [3.05, 3.63) is 42.4 Å². The molecule has 0 aliphatic carbocycles. The highest BCUT2D eigenvalue weighted by Gasteiger charge is 2.13. The standard InChI is InChI=1S/C13H11N5O/c1-8-2-3-10(14)9(6-8)13-17-12(18-19-13)11-4-5-15-7-16-11/h2-7H,14H2,1H3. The zero-order valence-corrected chi connectivity index (χ0v) is 10.2. The molecule has 0 unspecified atom stereocenters. The molecule has 19 heavy (non-hydrogen) atoms. The number of nitrogens with zero attached hydrogens (tertiary/aromatic N) is 4. The summed E-state index contributed by atoms with van der Waals surface area (Å²) >= 11 is 0. The number of benzene rings is 1. The molecule has 3 aromatic rings. The van der Waals surface area contributed by atoms with Crippen LogP contribution in [-0.4, -0.2) is 20.1 Å². The SMILES string of the molecule is Cc1ccc(N)c(-c2nc(-c3ccncn3)no2)c1. The fourth-order valence-electron chi connectivity index (χ4n) is 1.72. The minimum Gasteiger partial charge on any atom is -0.398 e. The van der Waals surface area contributed by atoms with Crippen LogP contribution in [0.1, 0.15) is 5.56 Å². The number of nitrogen functional groups attached to an aromatic ring is 1. The molecule has 6 heteroatoms. The molecule has 2 aromatic heterocycles. The van der Waals surface area contributed by atoms with E-state index in [9.17, 15) is 0 Å². The first-order chi connectivity index (χ1) is 9.24. The summed E-state index contributed by atoms with van der Waals surface area (Å²) in [7, 11) is 0. The first-order valence-corrected chi connectivity index (χ1v) is 5.70. The number of aromatic nitrogens is 4. The monoisotopic (exact) mass is 253 g/mol. The third-order valence-electron chi connectivity index (χ3n) is 2.68. The molecule has 0 aliphatic heterocycles. The summed E-state index contributed by atoms with van der Waals surface area (Å²) in [6, 6.07) is 7.38. The lowest BCUT2D eigenvalue weighted by Gasteiger charge is -2.01. The maximum Gasteiger partial charge on any atom is 0.260 e. The number of rotatable bonds is 2. The average Bonchev–Trinajstić information content (AvgIpc) is 2.92. The predicted molar refractivity (Wildman–Crippen MR) is 69.9 cm³/mol. The molecule has 0 radical (unpaired) electrons. The van der Waals surface area contributed by atoms with E-state index in [2.05, 4.69) is 20.1 Å². The van der Waals surface area contributed by atoms with Gasteiger partial charge < -0.3 is 10.3 Å². The van der Waals surface area contributed by atoms with E-state index in [0.717, 1.165) is 11.1 Å². The smallest absolute Gasteiger partial charge is 0.260 e. The van der Waals surface area contributed by atoms with Crippen LogP contribution in [0.5, 0.6) is 0 Å². The maximum absolute atomic E-state index is 5.92. The lowest BCUT2D eigenvalue weighted by Crippen LogP contribution is -1.91. The molecule has 0 amide bonds. The molecule has 0 aliphatic rings. The van der Waals surface area contributed by atoms with E-state index in [1.807, 2.05) is 25.1 Å². The lowest BCUT2D eigenvalue weighted by atomic mass is 10.1. The molecule has 2 heterocycles. The van der Waals surface area contributed by atoms with Crippen LogP contribution in [0.3, 0.4) is 0 Å². The summed E-state index contributed by atoms with van der Waals surface area (Å²) in [5.41, 5.74) is 8.93. The highest BCUT2D eigenvalue weighted by Crippen LogP contribution is 2.26. The second kappa shape index (κ2) is 4.49. The minimum absolute atomic E-state index is 0.384. The second-order valence-electron chi connectivity index (χ2n) is 4.11. The predicted octanol–water partition coefficient (Wildman–Crippen LogP) is 2.08. The van der Waals surface area contributed by atoms with Gasteiger partial charge in [-0.1, -0.05) is 16.8 Å². The van der Waals surface area contributed by atoms with E-state index in [1.54, 1.807) is 12.3 Å². The number of aryl methyl sites for hydroxylation is 1. The van der Waals surface area contributed by atoms with Crippen molar-refractivity contribution in [1.29, 1.82) is 0 Å². The molecule has 0 spiro atoms. The molecule has 0 atom stereocenters. The fourth-order valence-corrected chi connectivity index (χ4v) is 1.72. The van der Waals surface area contributed by atoms with Crippen LogP contribution in [0.2, 0.25) is 0 Å². The molecule has 6 nitrogen and oxygen atoms in total. The molecule has 0 fully saturated rings. The third kappa shape index (κ3) is 2.15. The van der Waals surface area contributed by atoms with Gasteiger partial charge in [0.25, 0.3) is 5.89 Å². The number of hydrogen-bond donors (Lipinski definition) is 1. The minimum atomic E-state index is 0.384. The Hall–Kier alpha value is -2.76. The van der Waals surface area contributed by atoms with Gasteiger partial charge in [0.2, 0.25) is 5.82 Å². The van der Waals surface area contributed by atoms with E-state index in [1.165, 1.54) is 6.33 Å². The normalized spacial score (nSPS) is 10.6. The van der Waals surface area contributed by atoms with Crippen LogP contribution in [0, 0.1) is 6.92 Å². The Bertz CT molecular complexity index is 708. The van der Waals surface area contributed by atoms with Gasteiger partial charge in [0.1, 0.15) is 12.0 Å². The van der Waals surface area contributed by atoms with E-state index in [-0.39, 0.29) is 0 Å². The summed E-state index contributed by atoms with van der Waals surface area (Å²) in [5.74, 6) is 0.799. The van der Waals surface area contributed by atoms with Crippen LogP contribution in [0.25, 0.3) is 23.0 Å². The largest absolute Gasteiger partial charge is 0.398 e. The van der Waals surface area contributed by atoms with Gasteiger partial charge >= 0.3 is 0 Å². The molecule has 0 saturated carbocycles. The molecular formula is C13H11N5O. The van der Waals surface area contributed by atoms with E-state index in [4.69, 9.17) is 10.3 Å². The average molecular weight is 253 g/mol. The van der Waals surface area contributed by atoms with Crippen molar-refractivity contribution in [1.82, 2.24) is 20.1 Å². The van der Waals surface area contributed by atoms with Gasteiger partial charge in [0.15, 0.2) is 0 Å². The van der Waals surface area contributed by atoms with Crippen LogP contribution in [0.4, 0.5) is 5.69 Å². The number of nitrogens with two attached hydrogens (primary N) is 1. The van der Waals surface area contributed by atoms with Crippen LogP contribution in [-0.2, 0) is 0 Å². The van der Waals surface area contributed by atoms with E-state index in [0.29, 0.717) is 23.1 Å².